The highest BCUT2D eigenvalue weighted by Crippen LogP contribution is 2.30. The first-order chi connectivity index (χ1) is 25.2. The number of hydrogen-bond acceptors (Lipinski definition) is 7. The fourth-order valence-electron chi connectivity index (χ4n) is 6.80. The number of ether oxygens (including phenoxy) is 1. The molecule has 3 rings (SSSR count). The molecule has 9 nitrogen and oxygen atoms in total. The second-order valence-corrected chi connectivity index (χ2v) is 16.4. The number of Topliss-reactive ketones (excluding diaryl/α,β-unsaturated/α-hetero) is 3. The van der Waals surface area contributed by atoms with Gasteiger partial charge in [0.05, 0.1) is 18.7 Å². The number of hydrogen-bond donors (Lipinski definition) is 2. The Kier molecular flexibility index (Phi) is 18.0. The highest BCUT2D eigenvalue weighted by Gasteiger charge is 2.50. The zero-order valence-electron chi connectivity index (χ0n) is 33.3. The summed E-state index contributed by atoms with van der Waals surface area (Å²) < 4.78 is 5.43. The third kappa shape index (κ3) is 16.1. The molecule has 0 saturated carbocycles. The van der Waals surface area contributed by atoms with E-state index in [4.69, 9.17) is 4.74 Å². The van der Waals surface area contributed by atoms with Crippen molar-refractivity contribution in [2.45, 2.75) is 123 Å². The molecule has 0 aliphatic carbocycles. The molecular formula is C44H65N3O6. The Labute approximate surface area is 318 Å². The molecule has 5 atom stereocenters. The Morgan fingerprint density at radius 3 is 1.85 bits per heavy atom. The third-order valence-corrected chi connectivity index (χ3v) is 10.0. The van der Waals surface area contributed by atoms with Crippen LogP contribution in [0.2, 0.25) is 0 Å². The van der Waals surface area contributed by atoms with Gasteiger partial charge < -0.3 is 20.3 Å². The van der Waals surface area contributed by atoms with Gasteiger partial charge in [-0.15, -0.1) is 0 Å². The molecule has 2 aromatic rings. The highest BCUT2D eigenvalue weighted by atomic mass is 16.6. The van der Waals surface area contributed by atoms with Crippen molar-refractivity contribution in [3.05, 3.63) is 71.8 Å². The summed E-state index contributed by atoms with van der Waals surface area (Å²) in [6, 6.07) is 17.9. The number of rotatable bonds is 26. The maximum absolute atomic E-state index is 14.2. The van der Waals surface area contributed by atoms with Crippen LogP contribution < -0.4 is 10.6 Å². The molecule has 1 aliphatic heterocycles. The van der Waals surface area contributed by atoms with Gasteiger partial charge in [0.25, 0.3) is 0 Å². The molecule has 1 heterocycles. The molecule has 1 unspecified atom stereocenters. The minimum absolute atomic E-state index is 0.0605. The predicted molar refractivity (Wildman–Crippen MR) is 210 cm³/mol. The molecule has 1 fully saturated rings. The topological polar surface area (TPSA) is 125 Å². The first-order valence-corrected chi connectivity index (χ1v) is 19.7. The Hall–Kier alpha value is -3.69. The van der Waals surface area contributed by atoms with Gasteiger partial charge >= 0.3 is 0 Å². The summed E-state index contributed by atoms with van der Waals surface area (Å²) in [5.41, 5.74) is 1.09. The summed E-state index contributed by atoms with van der Waals surface area (Å²) >= 11 is 0. The number of amides is 2. The van der Waals surface area contributed by atoms with Crippen LogP contribution in [-0.2, 0) is 41.6 Å². The highest BCUT2D eigenvalue weighted by molar-refractivity contribution is 5.98. The van der Waals surface area contributed by atoms with Crippen LogP contribution in [0.1, 0.15) is 104 Å². The first-order valence-electron chi connectivity index (χ1n) is 19.7. The van der Waals surface area contributed by atoms with Gasteiger partial charge in [0, 0.05) is 31.1 Å². The number of benzene rings is 2. The molecule has 1 saturated heterocycles. The molecule has 9 heteroatoms. The predicted octanol–water partition coefficient (Wildman–Crippen LogP) is 6.55. The number of nitrogens with one attached hydrogen (secondary N) is 2. The second kappa shape index (κ2) is 21.9. The summed E-state index contributed by atoms with van der Waals surface area (Å²) in [4.78, 5) is 71.0. The number of carbonyl (C=O) groups is 5. The van der Waals surface area contributed by atoms with Crippen molar-refractivity contribution in [2.75, 3.05) is 27.2 Å². The van der Waals surface area contributed by atoms with Gasteiger partial charge in [-0.2, -0.15) is 0 Å². The molecule has 2 aromatic carbocycles. The van der Waals surface area contributed by atoms with E-state index in [2.05, 4.69) is 15.5 Å². The molecule has 292 valence electrons. The lowest BCUT2D eigenvalue weighted by molar-refractivity contribution is -0.135. The number of nitrogens with zero attached hydrogens (tertiary/aromatic N) is 1. The average molecular weight is 732 g/mol. The molecular weight excluding hydrogens is 666 g/mol. The molecule has 0 radical (unpaired) electrons. The van der Waals surface area contributed by atoms with Gasteiger partial charge in [-0.25, -0.2) is 0 Å². The number of carbonyl (C=O) groups excluding carboxylic acids is 5. The van der Waals surface area contributed by atoms with Crippen LogP contribution in [0.3, 0.4) is 0 Å². The van der Waals surface area contributed by atoms with Crippen LogP contribution in [0.25, 0.3) is 0 Å². The minimum atomic E-state index is -0.894. The molecule has 2 amide bonds. The lowest BCUT2D eigenvalue weighted by atomic mass is 9.87. The normalized spacial score (nSPS) is 17.6. The van der Waals surface area contributed by atoms with Crippen LogP contribution >= 0.6 is 0 Å². The third-order valence-electron chi connectivity index (χ3n) is 10.0. The van der Waals surface area contributed by atoms with Crippen molar-refractivity contribution >= 4 is 29.2 Å². The van der Waals surface area contributed by atoms with Gasteiger partial charge in [-0.05, 0) is 95.5 Å². The maximum atomic E-state index is 14.2. The number of ketones is 3. The minimum Gasteiger partial charge on any atom is -0.361 e. The van der Waals surface area contributed by atoms with E-state index in [1.165, 1.54) is 0 Å². The molecule has 0 aromatic heterocycles. The standard InChI is InChI=1S/C44H65N3O6/c1-31(2)25-38(45-42(51)35(23-22-33-17-11-8-12-18-33)28-37(48)21-15-10-16-24-47(6)7)40(49)29-36(27-34-19-13-9-14-20-34)43(52)46-39(26-32(3)4)41(50)44(5)30-53-44/h8-9,11-14,17-20,31-32,35-36,38-39H,10,15-16,21-30H2,1-7H3,(H,45,51)(H,46,52)/t35?,36-,38+,39+,44-/m1/s1. The maximum Gasteiger partial charge on any atom is 0.224 e. The Morgan fingerprint density at radius 1 is 0.736 bits per heavy atom. The largest absolute Gasteiger partial charge is 0.361 e. The lowest BCUT2D eigenvalue weighted by Crippen LogP contribution is -2.50. The van der Waals surface area contributed by atoms with Crippen LogP contribution in [-0.4, -0.2) is 79.0 Å². The summed E-state index contributed by atoms with van der Waals surface area (Å²) in [7, 11) is 4.07. The van der Waals surface area contributed by atoms with Crippen molar-refractivity contribution < 1.29 is 28.7 Å². The zero-order chi connectivity index (χ0) is 39.0. The van der Waals surface area contributed by atoms with Crippen molar-refractivity contribution in [3.63, 3.8) is 0 Å². The van der Waals surface area contributed by atoms with E-state index in [9.17, 15) is 24.0 Å². The molecule has 2 N–H and O–H groups in total. The van der Waals surface area contributed by atoms with E-state index < -0.39 is 29.5 Å². The summed E-state index contributed by atoms with van der Waals surface area (Å²) in [6.07, 6.45) is 5.50. The van der Waals surface area contributed by atoms with Crippen LogP contribution in [0.15, 0.2) is 60.7 Å². The summed E-state index contributed by atoms with van der Waals surface area (Å²) in [6.45, 7) is 11.0. The van der Waals surface area contributed by atoms with E-state index >= 15 is 0 Å². The van der Waals surface area contributed by atoms with Crippen molar-refractivity contribution in [1.82, 2.24) is 15.5 Å². The monoisotopic (exact) mass is 731 g/mol. The number of aryl methyl sites for hydroxylation is 1. The SMILES string of the molecule is CC(C)C[C@H](NC(=O)C(CCc1ccccc1)CC(=O)CCCCCN(C)C)C(=O)C[C@@H](Cc1ccccc1)C(=O)N[C@@H](CC(C)C)C(=O)[C@@]1(C)CO1. The van der Waals surface area contributed by atoms with Gasteiger partial charge in [0.15, 0.2) is 11.6 Å². The van der Waals surface area contributed by atoms with Crippen LogP contribution in [0, 0.1) is 23.7 Å². The van der Waals surface area contributed by atoms with Gasteiger partial charge in [0.2, 0.25) is 11.8 Å². The molecule has 0 spiro atoms. The average Bonchev–Trinajstić information content (AvgIpc) is 3.87. The first kappa shape index (κ1) is 43.7. The van der Waals surface area contributed by atoms with Crippen LogP contribution in [0.5, 0.6) is 0 Å². The van der Waals surface area contributed by atoms with E-state index in [-0.39, 0.29) is 53.8 Å². The Bertz CT molecular complexity index is 1450. The molecule has 0 bridgehead atoms. The van der Waals surface area contributed by atoms with E-state index in [0.29, 0.717) is 45.1 Å². The van der Waals surface area contributed by atoms with E-state index in [1.807, 2.05) is 102 Å². The summed E-state index contributed by atoms with van der Waals surface area (Å²) in [5, 5.41) is 6.05. The second-order valence-electron chi connectivity index (χ2n) is 16.4. The zero-order valence-corrected chi connectivity index (χ0v) is 33.3. The fourth-order valence-corrected chi connectivity index (χ4v) is 6.80. The van der Waals surface area contributed by atoms with Crippen molar-refractivity contribution in [2.24, 2.45) is 23.7 Å². The van der Waals surface area contributed by atoms with E-state index in [0.717, 1.165) is 36.9 Å². The van der Waals surface area contributed by atoms with Gasteiger partial charge in [0.1, 0.15) is 11.4 Å². The van der Waals surface area contributed by atoms with Gasteiger partial charge in [-0.1, -0.05) is 94.8 Å². The van der Waals surface area contributed by atoms with Crippen molar-refractivity contribution in [3.8, 4) is 0 Å². The smallest absolute Gasteiger partial charge is 0.224 e. The Balaban J connectivity index is 1.78. The molecule has 53 heavy (non-hydrogen) atoms. The van der Waals surface area contributed by atoms with Gasteiger partial charge in [-0.3, -0.25) is 24.0 Å². The fraction of sp³-hybridized carbons (Fsp3) is 0.614. The number of epoxide rings is 1. The molecule has 1 aliphatic rings. The summed E-state index contributed by atoms with van der Waals surface area (Å²) in [5.74, 6) is -2.09. The lowest BCUT2D eigenvalue weighted by Gasteiger charge is -2.27. The number of unbranched alkanes of at least 4 members (excludes halogenated alkanes) is 2. The quantitative estimate of drug-likeness (QED) is 0.0831. The van der Waals surface area contributed by atoms with Crippen LogP contribution in [0.4, 0.5) is 0 Å². The van der Waals surface area contributed by atoms with Crippen molar-refractivity contribution in [1.29, 1.82) is 0 Å². The Morgan fingerprint density at radius 2 is 1.28 bits per heavy atom. The van der Waals surface area contributed by atoms with E-state index in [1.54, 1.807) is 6.92 Å².